The van der Waals surface area contributed by atoms with Gasteiger partial charge in [-0.15, -0.1) is 0 Å². The molecule has 0 saturated heterocycles. The zero-order valence-electron chi connectivity index (χ0n) is 12.0. The summed E-state index contributed by atoms with van der Waals surface area (Å²) in [4.78, 5) is 23.5. The summed E-state index contributed by atoms with van der Waals surface area (Å²) in [6.45, 7) is 3.66. The van der Waals surface area contributed by atoms with Crippen molar-refractivity contribution in [3.05, 3.63) is 57.9 Å². The fraction of sp³-hybridized carbons (Fsp3) is 0.333. The van der Waals surface area contributed by atoms with Gasteiger partial charge >= 0.3 is 0 Å². The highest BCUT2D eigenvalue weighted by atomic mass is 16.3. The Kier molecular flexibility index (Phi) is 4.59. The molecule has 6 heteroatoms. The quantitative estimate of drug-likeness (QED) is 0.855. The van der Waals surface area contributed by atoms with E-state index in [9.17, 15) is 14.7 Å². The van der Waals surface area contributed by atoms with E-state index < -0.39 is 6.10 Å². The van der Waals surface area contributed by atoms with Gasteiger partial charge in [0.2, 0.25) is 0 Å². The molecule has 1 amide bonds. The van der Waals surface area contributed by atoms with Crippen LogP contribution < -0.4 is 10.9 Å². The number of hydrogen-bond donors (Lipinski definition) is 2. The molecule has 2 heterocycles. The number of aromatic nitrogens is 1. The van der Waals surface area contributed by atoms with Gasteiger partial charge in [-0.1, -0.05) is 6.07 Å². The van der Waals surface area contributed by atoms with Crippen molar-refractivity contribution in [1.29, 1.82) is 0 Å². The monoisotopic (exact) mass is 290 g/mol. The van der Waals surface area contributed by atoms with Gasteiger partial charge in [-0.3, -0.25) is 9.59 Å². The Morgan fingerprint density at radius 2 is 2.19 bits per heavy atom. The van der Waals surface area contributed by atoms with Gasteiger partial charge in [-0.05, 0) is 26.0 Å². The third kappa shape index (κ3) is 3.82. The minimum Gasteiger partial charge on any atom is -0.466 e. The largest absolute Gasteiger partial charge is 0.466 e. The topological polar surface area (TPSA) is 84.5 Å². The summed E-state index contributed by atoms with van der Waals surface area (Å²) in [5.74, 6) is 0.900. The van der Waals surface area contributed by atoms with Gasteiger partial charge in [0.25, 0.3) is 11.5 Å². The van der Waals surface area contributed by atoms with Gasteiger partial charge in [0, 0.05) is 18.8 Å². The molecule has 2 rings (SSSR count). The van der Waals surface area contributed by atoms with Crippen LogP contribution in [0.15, 0.2) is 39.7 Å². The number of nitrogens with zero attached hydrogens (tertiary/aromatic N) is 1. The van der Waals surface area contributed by atoms with E-state index in [2.05, 4.69) is 5.32 Å². The van der Waals surface area contributed by atoms with Gasteiger partial charge in [-0.2, -0.15) is 0 Å². The predicted molar refractivity (Wildman–Crippen MR) is 77.2 cm³/mol. The van der Waals surface area contributed by atoms with E-state index >= 15 is 0 Å². The smallest absolute Gasteiger partial charge is 0.254 e. The van der Waals surface area contributed by atoms with Crippen LogP contribution in [-0.4, -0.2) is 28.2 Å². The van der Waals surface area contributed by atoms with E-state index in [4.69, 9.17) is 4.42 Å². The molecule has 2 N–H and O–H groups in total. The van der Waals surface area contributed by atoms with Crippen molar-refractivity contribution in [2.45, 2.75) is 26.5 Å². The minimum absolute atomic E-state index is 0.0594. The zero-order valence-corrected chi connectivity index (χ0v) is 12.0. The average Bonchev–Trinajstić information content (AvgIpc) is 2.78. The van der Waals surface area contributed by atoms with Crippen LogP contribution in [0.3, 0.4) is 0 Å². The number of rotatable bonds is 5. The Morgan fingerprint density at radius 1 is 1.43 bits per heavy atom. The van der Waals surface area contributed by atoms with E-state index in [1.54, 1.807) is 38.2 Å². The number of hydrogen-bond acceptors (Lipinski definition) is 4. The molecule has 0 radical (unpaired) electrons. The first-order chi connectivity index (χ1) is 9.97. The van der Waals surface area contributed by atoms with Crippen molar-refractivity contribution in [3.63, 3.8) is 0 Å². The number of carbonyl (C=O) groups is 1. The predicted octanol–water partition coefficient (Wildman–Crippen LogP) is 0.849. The molecule has 112 valence electrons. The average molecular weight is 290 g/mol. The second-order valence-corrected chi connectivity index (χ2v) is 4.88. The van der Waals surface area contributed by atoms with Crippen LogP contribution in [0.4, 0.5) is 0 Å². The molecule has 0 aliphatic rings. The molecule has 0 fully saturated rings. The van der Waals surface area contributed by atoms with Gasteiger partial charge in [-0.25, -0.2) is 0 Å². The summed E-state index contributed by atoms with van der Waals surface area (Å²) < 4.78 is 6.68. The first kappa shape index (κ1) is 15.1. The lowest BCUT2D eigenvalue weighted by Gasteiger charge is -2.13. The lowest BCUT2D eigenvalue weighted by atomic mass is 10.2. The molecule has 0 aliphatic carbocycles. The molecule has 6 nitrogen and oxygen atoms in total. The number of pyridine rings is 1. The molecule has 0 aromatic carbocycles. The molecule has 1 unspecified atom stereocenters. The Bertz CT molecular complexity index is 687. The number of nitrogens with one attached hydrogen (secondary N) is 1. The van der Waals surface area contributed by atoms with Crippen LogP contribution in [0.2, 0.25) is 0 Å². The van der Waals surface area contributed by atoms with E-state index in [0.29, 0.717) is 17.1 Å². The molecule has 0 saturated carbocycles. The molecular formula is C15H18N2O4. The number of aryl methyl sites for hydroxylation is 2. The molecule has 1 atom stereocenters. The third-order valence-electron chi connectivity index (χ3n) is 3.09. The molecule has 2 aromatic rings. The number of aliphatic hydroxyl groups is 1. The van der Waals surface area contributed by atoms with Crippen molar-refractivity contribution in [2.75, 3.05) is 6.54 Å². The summed E-state index contributed by atoms with van der Waals surface area (Å²) in [5.41, 5.74) is 0.265. The minimum atomic E-state index is -0.845. The fourth-order valence-corrected chi connectivity index (χ4v) is 2.07. The number of furan rings is 1. The third-order valence-corrected chi connectivity index (χ3v) is 3.09. The first-order valence-electron chi connectivity index (χ1n) is 6.66. The highest BCUT2D eigenvalue weighted by Crippen LogP contribution is 2.13. The number of amides is 1. The molecule has 0 spiro atoms. The lowest BCUT2D eigenvalue weighted by molar-refractivity contribution is 0.0901. The standard InChI is InChI=1S/C15H18N2O4/c1-10-7-13(11(2)21-10)15(20)16-8-12(18)9-17-6-4-3-5-14(17)19/h3-7,12,18H,8-9H2,1-2H3,(H,16,20). The fourth-order valence-electron chi connectivity index (χ4n) is 2.07. The van der Waals surface area contributed by atoms with Gasteiger partial charge in [0.05, 0.1) is 18.2 Å². The van der Waals surface area contributed by atoms with Crippen molar-refractivity contribution >= 4 is 5.91 Å². The number of carbonyl (C=O) groups excluding carboxylic acids is 1. The van der Waals surface area contributed by atoms with Crippen molar-refractivity contribution in [1.82, 2.24) is 9.88 Å². The van der Waals surface area contributed by atoms with Crippen molar-refractivity contribution in [2.24, 2.45) is 0 Å². The van der Waals surface area contributed by atoms with E-state index in [-0.39, 0.29) is 24.6 Å². The van der Waals surface area contributed by atoms with Crippen LogP contribution in [-0.2, 0) is 6.54 Å². The Hall–Kier alpha value is -2.34. The maximum Gasteiger partial charge on any atom is 0.254 e. The Morgan fingerprint density at radius 3 is 2.81 bits per heavy atom. The normalized spacial score (nSPS) is 12.1. The summed E-state index contributed by atoms with van der Waals surface area (Å²) in [5, 5.41) is 12.5. The molecule has 0 bridgehead atoms. The maximum absolute atomic E-state index is 12.0. The first-order valence-corrected chi connectivity index (χ1v) is 6.66. The van der Waals surface area contributed by atoms with Crippen molar-refractivity contribution in [3.8, 4) is 0 Å². The van der Waals surface area contributed by atoms with Crippen LogP contribution in [0.25, 0.3) is 0 Å². The summed E-state index contributed by atoms with van der Waals surface area (Å²) >= 11 is 0. The van der Waals surface area contributed by atoms with Crippen molar-refractivity contribution < 1.29 is 14.3 Å². The SMILES string of the molecule is Cc1cc(C(=O)NCC(O)Cn2ccccc2=O)c(C)o1. The Labute approximate surface area is 122 Å². The van der Waals surface area contributed by atoms with Crippen LogP contribution in [0, 0.1) is 13.8 Å². The summed E-state index contributed by atoms with van der Waals surface area (Å²) in [6.07, 6.45) is 0.749. The molecule has 2 aromatic heterocycles. The van der Waals surface area contributed by atoms with E-state index in [0.717, 1.165) is 0 Å². The molecule has 21 heavy (non-hydrogen) atoms. The molecule has 0 aliphatic heterocycles. The molecular weight excluding hydrogens is 272 g/mol. The highest BCUT2D eigenvalue weighted by Gasteiger charge is 2.14. The number of aliphatic hydroxyl groups excluding tert-OH is 1. The van der Waals surface area contributed by atoms with Gasteiger partial charge < -0.3 is 19.4 Å². The maximum atomic E-state index is 12.0. The zero-order chi connectivity index (χ0) is 15.4. The second-order valence-electron chi connectivity index (χ2n) is 4.88. The van der Waals surface area contributed by atoms with E-state index in [1.807, 2.05) is 0 Å². The van der Waals surface area contributed by atoms with Crippen LogP contribution >= 0.6 is 0 Å². The Balaban J connectivity index is 1.91. The van der Waals surface area contributed by atoms with E-state index in [1.165, 1.54) is 10.6 Å². The summed E-state index contributed by atoms with van der Waals surface area (Å²) in [6, 6.07) is 6.42. The lowest BCUT2D eigenvalue weighted by Crippen LogP contribution is -2.36. The highest BCUT2D eigenvalue weighted by molar-refractivity contribution is 5.95. The van der Waals surface area contributed by atoms with Crippen LogP contribution in [0.5, 0.6) is 0 Å². The summed E-state index contributed by atoms with van der Waals surface area (Å²) in [7, 11) is 0. The second kappa shape index (κ2) is 6.41. The van der Waals surface area contributed by atoms with Gasteiger partial charge in [0.1, 0.15) is 11.5 Å². The van der Waals surface area contributed by atoms with Gasteiger partial charge in [0.15, 0.2) is 0 Å². The van der Waals surface area contributed by atoms with Crippen LogP contribution in [0.1, 0.15) is 21.9 Å².